The molecule has 1 fully saturated rings. The average Bonchev–Trinajstić information content (AvgIpc) is 3.12. The number of esters is 1. The number of aryl methyl sites for hydroxylation is 1. The van der Waals surface area contributed by atoms with Gasteiger partial charge < -0.3 is 26.0 Å². The molecule has 1 saturated heterocycles. The van der Waals surface area contributed by atoms with Gasteiger partial charge in [0.2, 0.25) is 5.91 Å². The SMILES string of the molecule is CCOC(=O)CCc1cccc(NC(=O)NC2CCN(c3ccc(C(=N)N)cc3)C2=O)c1. The van der Waals surface area contributed by atoms with E-state index in [9.17, 15) is 14.4 Å². The molecule has 1 heterocycles. The number of anilines is 2. The smallest absolute Gasteiger partial charge is 0.319 e. The van der Waals surface area contributed by atoms with E-state index in [0.717, 1.165) is 5.56 Å². The number of nitrogen functional groups attached to an aromatic ring is 1. The van der Waals surface area contributed by atoms with Crippen molar-refractivity contribution >= 4 is 35.1 Å². The van der Waals surface area contributed by atoms with Crippen molar-refractivity contribution in [1.82, 2.24) is 5.32 Å². The van der Waals surface area contributed by atoms with Crippen molar-refractivity contribution in [1.29, 1.82) is 5.41 Å². The zero-order valence-corrected chi connectivity index (χ0v) is 17.9. The van der Waals surface area contributed by atoms with Gasteiger partial charge in [-0.3, -0.25) is 15.0 Å². The number of carbonyl (C=O) groups excluding carboxylic acids is 3. The Labute approximate surface area is 186 Å². The van der Waals surface area contributed by atoms with Crippen molar-refractivity contribution < 1.29 is 19.1 Å². The van der Waals surface area contributed by atoms with Crippen LogP contribution in [0.25, 0.3) is 0 Å². The molecular formula is C23H27N5O4. The molecule has 0 saturated carbocycles. The van der Waals surface area contributed by atoms with Crippen LogP contribution < -0.4 is 21.3 Å². The van der Waals surface area contributed by atoms with Gasteiger partial charge >= 0.3 is 12.0 Å². The van der Waals surface area contributed by atoms with E-state index in [-0.39, 0.29) is 24.1 Å². The first-order chi connectivity index (χ1) is 15.4. The van der Waals surface area contributed by atoms with Gasteiger partial charge in [-0.25, -0.2) is 4.79 Å². The molecule has 0 spiro atoms. The van der Waals surface area contributed by atoms with Gasteiger partial charge in [0.15, 0.2) is 0 Å². The minimum absolute atomic E-state index is 0.0366. The number of amidine groups is 1. The minimum Gasteiger partial charge on any atom is -0.466 e. The van der Waals surface area contributed by atoms with Crippen LogP contribution in [0.2, 0.25) is 0 Å². The maximum absolute atomic E-state index is 12.7. The molecule has 2 aromatic rings. The van der Waals surface area contributed by atoms with Crippen molar-refractivity contribution in [3.8, 4) is 0 Å². The second-order valence-corrected chi connectivity index (χ2v) is 7.40. The Morgan fingerprint density at radius 3 is 2.66 bits per heavy atom. The summed E-state index contributed by atoms with van der Waals surface area (Å²) in [6.07, 6.45) is 1.26. The highest BCUT2D eigenvalue weighted by atomic mass is 16.5. The minimum atomic E-state index is -0.630. The zero-order valence-electron chi connectivity index (χ0n) is 17.9. The third-order valence-corrected chi connectivity index (χ3v) is 5.11. The number of benzene rings is 2. The fourth-order valence-electron chi connectivity index (χ4n) is 3.50. The summed E-state index contributed by atoms with van der Waals surface area (Å²) < 4.78 is 4.93. The van der Waals surface area contributed by atoms with Gasteiger partial charge in [0, 0.05) is 29.9 Å². The third-order valence-electron chi connectivity index (χ3n) is 5.11. The fourth-order valence-corrected chi connectivity index (χ4v) is 3.50. The third kappa shape index (κ3) is 5.84. The Balaban J connectivity index is 1.54. The van der Waals surface area contributed by atoms with E-state index < -0.39 is 12.1 Å². The number of nitrogens with two attached hydrogens (primary N) is 1. The summed E-state index contributed by atoms with van der Waals surface area (Å²) >= 11 is 0. The number of rotatable bonds is 8. The van der Waals surface area contributed by atoms with Crippen LogP contribution in [0.4, 0.5) is 16.2 Å². The Kier molecular flexibility index (Phi) is 7.43. The number of urea groups is 1. The Morgan fingerprint density at radius 2 is 1.97 bits per heavy atom. The number of amides is 3. The van der Waals surface area contributed by atoms with Crippen LogP contribution in [0.15, 0.2) is 48.5 Å². The van der Waals surface area contributed by atoms with Gasteiger partial charge in [-0.1, -0.05) is 12.1 Å². The van der Waals surface area contributed by atoms with E-state index in [1.807, 2.05) is 6.07 Å². The lowest BCUT2D eigenvalue weighted by Crippen LogP contribution is -2.43. The summed E-state index contributed by atoms with van der Waals surface area (Å²) in [6.45, 7) is 2.59. The predicted molar refractivity (Wildman–Crippen MR) is 122 cm³/mol. The van der Waals surface area contributed by atoms with Crippen LogP contribution in [-0.2, 0) is 20.7 Å². The maximum atomic E-state index is 12.7. The number of hydrogen-bond acceptors (Lipinski definition) is 5. The summed E-state index contributed by atoms with van der Waals surface area (Å²) in [7, 11) is 0. The molecule has 3 rings (SSSR count). The molecule has 0 aromatic heterocycles. The molecule has 1 atom stereocenters. The first-order valence-electron chi connectivity index (χ1n) is 10.4. The van der Waals surface area contributed by atoms with Gasteiger partial charge in [-0.05, 0) is 61.7 Å². The number of hydrogen-bond donors (Lipinski definition) is 4. The van der Waals surface area contributed by atoms with Gasteiger partial charge in [-0.15, -0.1) is 0 Å². The van der Waals surface area contributed by atoms with Crippen LogP contribution in [0.5, 0.6) is 0 Å². The summed E-state index contributed by atoms with van der Waals surface area (Å²) in [5.74, 6) is -0.492. The molecule has 32 heavy (non-hydrogen) atoms. The van der Waals surface area contributed by atoms with E-state index in [0.29, 0.717) is 42.9 Å². The highest BCUT2D eigenvalue weighted by Gasteiger charge is 2.33. The highest BCUT2D eigenvalue weighted by Crippen LogP contribution is 2.22. The molecule has 1 aliphatic rings. The van der Waals surface area contributed by atoms with E-state index in [2.05, 4.69) is 10.6 Å². The topological polar surface area (TPSA) is 138 Å². The van der Waals surface area contributed by atoms with Crippen molar-refractivity contribution in [3.63, 3.8) is 0 Å². The molecule has 1 unspecified atom stereocenters. The molecule has 9 nitrogen and oxygen atoms in total. The molecule has 1 aliphatic heterocycles. The largest absolute Gasteiger partial charge is 0.466 e. The Bertz CT molecular complexity index is 1010. The van der Waals surface area contributed by atoms with Crippen LogP contribution in [0, 0.1) is 5.41 Å². The molecule has 5 N–H and O–H groups in total. The molecule has 0 bridgehead atoms. The number of carbonyl (C=O) groups is 3. The number of nitrogens with zero attached hydrogens (tertiary/aromatic N) is 1. The molecule has 0 aliphatic carbocycles. The van der Waals surface area contributed by atoms with Gasteiger partial charge in [0.05, 0.1) is 6.61 Å². The fraction of sp³-hybridized carbons (Fsp3) is 0.304. The number of nitrogens with one attached hydrogen (secondary N) is 3. The van der Waals surface area contributed by atoms with Gasteiger partial charge in [-0.2, -0.15) is 0 Å². The van der Waals surface area contributed by atoms with E-state index in [1.54, 1.807) is 54.3 Å². The van der Waals surface area contributed by atoms with Crippen LogP contribution >= 0.6 is 0 Å². The summed E-state index contributed by atoms with van der Waals surface area (Å²) in [4.78, 5) is 38.3. The normalized spacial score (nSPS) is 15.3. The Hall–Kier alpha value is -3.88. The first kappa shape index (κ1) is 22.8. The van der Waals surface area contributed by atoms with E-state index >= 15 is 0 Å². The molecule has 3 amide bonds. The van der Waals surface area contributed by atoms with Crippen molar-refractivity contribution in [2.24, 2.45) is 5.73 Å². The van der Waals surface area contributed by atoms with Gasteiger partial charge in [0.25, 0.3) is 0 Å². The second-order valence-electron chi connectivity index (χ2n) is 7.40. The summed E-state index contributed by atoms with van der Waals surface area (Å²) in [6, 6.07) is 12.9. The lowest BCUT2D eigenvalue weighted by molar-refractivity contribution is -0.143. The second kappa shape index (κ2) is 10.4. The quantitative estimate of drug-likeness (QED) is 0.285. The van der Waals surface area contributed by atoms with Crippen LogP contribution in [0.3, 0.4) is 0 Å². The lowest BCUT2D eigenvalue weighted by atomic mass is 10.1. The van der Waals surface area contributed by atoms with Gasteiger partial charge in [0.1, 0.15) is 11.9 Å². The van der Waals surface area contributed by atoms with E-state index in [4.69, 9.17) is 15.9 Å². The summed E-state index contributed by atoms with van der Waals surface area (Å²) in [5.41, 5.74) is 8.21. The van der Waals surface area contributed by atoms with Crippen molar-refractivity contribution in [2.45, 2.75) is 32.2 Å². The molecule has 9 heteroatoms. The maximum Gasteiger partial charge on any atom is 0.319 e. The van der Waals surface area contributed by atoms with Crippen LogP contribution in [-0.4, -0.2) is 42.9 Å². The average molecular weight is 438 g/mol. The highest BCUT2D eigenvalue weighted by molar-refractivity contribution is 6.03. The number of ether oxygens (including phenoxy) is 1. The Morgan fingerprint density at radius 1 is 1.22 bits per heavy atom. The molecule has 0 radical (unpaired) electrons. The van der Waals surface area contributed by atoms with E-state index in [1.165, 1.54) is 0 Å². The molecule has 2 aromatic carbocycles. The first-order valence-corrected chi connectivity index (χ1v) is 10.4. The predicted octanol–water partition coefficient (Wildman–Crippen LogP) is 2.39. The summed E-state index contributed by atoms with van der Waals surface area (Å²) in [5, 5.41) is 12.9. The molecule has 168 valence electrons. The van der Waals surface area contributed by atoms with Crippen LogP contribution in [0.1, 0.15) is 30.9 Å². The molecular weight excluding hydrogens is 410 g/mol. The monoisotopic (exact) mass is 437 g/mol. The lowest BCUT2D eigenvalue weighted by Gasteiger charge is -2.18. The van der Waals surface area contributed by atoms with Crippen molar-refractivity contribution in [3.05, 3.63) is 59.7 Å². The van der Waals surface area contributed by atoms with Crippen molar-refractivity contribution in [2.75, 3.05) is 23.4 Å². The zero-order chi connectivity index (χ0) is 23.1. The standard InChI is InChI=1S/C23H27N5O4/c1-2-32-20(29)11-6-15-4-3-5-17(14-15)26-23(31)27-19-12-13-28(22(19)30)18-9-7-16(8-10-18)21(24)25/h3-5,7-10,14,19H,2,6,11-13H2,1H3,(H3,24,25)(H2,26,27,31).